The van der Waals surface area contributed by atoms with Crippen molar-refractivity contribution in [2.75, 3.05) is 5.32 Å². The summed E-state index contributed by atoms with van der Waals surface area (Å²) < 4.78 is 5.67. The Morgan fingerprint density at radius 2 is 1.90 bits per heavy atom. The van der Waals surface area contributed by atoms with Crippen LogP contribution in [-0.4, -0.2) is 20.8 Å². The summed E-state index contributed by atoms with van der Waals surface area (Å²) >= 11 is 12.2. The Bertz CT molecular complexity index is 1240. The maximum Gasteiger partial charge on any atom is 0.270 e. The van der Waals surface area contributed by atoms with Crippen LogP contribution in [-0.2, 0) is 0 Å². The standard InChI is InChI=1S/C19H10Cl2N4O4/c20-13-6-4-11(25(27)28)9-12(13)18(26)23-15-8-10(3-5-14(15)21)19-24-17-16(29-19)2-1-7-22-17/h1-9H,(H,23,26). The van der Waals surface area contributed by atoms with Crippen molar-refractivity contribution in [3.63, 3.8) is 0 Å². The SMILES string of the molecule is O=C(Nc1cc(-c2nc3ncccc3o2)ccc1Cl)c1cc([N+](=O)[O-])ccc1Cl. The Kier molecular flexibility index (Phi) is 4.87. The number of rotatable bonds is 4. The largest absolute Gasteiger partial charge is 0.434 e. The van der Waals surface area contributed by atoms with Gasteiger partial charge in [0.1, 0.15) is 0 Å². The van der Waals surface area contributed by atoms with E-state index in [1.807, 2.05) is 0 Å². The molecule has 0 unspecified atom stereocenters. The number of non-ortho nitro benzene ring substituents is 1. The second kappa shape index (κ2) is 7.50. The topological polar surface area (TPSA) is 111 Å². The molecule has 0 fully saturated rings. The number of nitrogens with one attached hydrogen (secondary N) is 1. The molecule has 2 aromatic carbocycles. The molecule has 0 bridgehead atoms. The van der Waals surface area contributed by atoms with E-state index in [9.17, 15) is 14.9 Å². The molecule has 0 saturated carbocycles. The van der Waals surface area contributed by atoms with Gasteiger partial charge < -0.3 is 9.73 Å². The van der Waals surface area contributed by atoms with Crippen molar-refractivity contribution in [1.29, 1.82) is 0 Å². The Balaban J connectivity index is 1.67. The normalized spacial score (nSPS) is 10.8. The number of nitrogens with zero attached hydrogens (tertiary/aromatic N) is 3. The fraction of sp³-hybridized carbons (Fsp3) is 0. The molecule has 29 heavy (non-hydrogen) atoms. The van der Waals surface area contributed by atoms with Crippen LogP contribution in [0, 0.1) is 10.1 Å². The van der Waals surface area contributed by atoms with Crippen molar-refractivity contribution < 1.29 is 14.1 Å². The summed E-state index contributed by atoms with van der Waals surface area (Å²) in [5.74, 6) is -0.337. The van der Waals surface area contributed by atoms with Crippen molar-refractivity contribution in [3.8, 4) is 11.5 Å². The van der Waals surface area contributed by atoms with E-state index in [2.05, 4.69) is 15.3 Å². The maximum atomic E-state index is 12.6. The van der Waals surface area contributed by atoms with Gasteiger partial charge >= 0.3 is 0 Å². The quantitative estimate of drug-likeness (QED) is 0.346. The van der Waals surface area contributed by atoms with Gasteiger partial charge in [0.25, 0.3) is 11.6 Å². The molecular weight excluding hydrogens is 419 g/mol. The van der Waals surface area contributed by atoms with Gasteiger partial charge in [0.05, 0.1) is 26.2 Å². The second-order valence-electron chi connectivity index (χ2n) is 5.91. The lowest BCUT2D eigenvalue weighted by atomic mass is 10.1. The number of halogens is 2. The van der Waals surface area contributed by atoms with Gasteiger partial charge in [-0.1, -0.05) is 23.2 Å². The summed E-state index contributed by atoms with van der Waals surface area (Å²) in [4.78, 5) is 31.4. The number of oxazole rings is 1. The lowest BCUT2D eigenvalue weighted by molar-refractivity contribution is -0.384. The molecule has 2 heterocycles. The van der Waals surface area contributed by atoms with Gasteiger partial charge in [-0.05, 0) is 36.4 Å². The summed E-state index contributed by atoms with van der Waals surface area (Å²) in [6.07, 6.45) is 1.60. The van der Waals surface area contributed by atoms with Crippen molar-refractivity contribution in [2.24, 2.45) is 0 Å². The molecule has 0 aliphatic carbocycles. The second-order valence-corrected chi connectivity index (χ2v) is 6.73. The zero-order valence-electron chi connectivity index (χ0n) is 14.4. The summed E-state index contributed by atoms with van der Waals surface area (Å²) in [6.45, 7) is 0. The lowest BCUT2D eigenvalue weighted by Crippen LogP contribution is -2.13. The molecular formula is C19H10Cl2N4O4. The molecule has 2 aromatic heterocycles. The van der Waals surface area contributed by atoms with Gasteiger partial charge in [-0.15, -0.1) is 0 Å². The molecule has 144 valence electrons. The van der Waals surface area contributed by atoms with Crippen LogP contribution in [0.3, 0.4) is 0 Å². The molecule has 1 amide bonds. The van der Waals surface area contributed by atoms with Gasteiger partial charge in [0.2, 0.25) is 5.89 Å². The monoisotopic (exact) mass is 428 g/mol. The summed E-state index contributed by atoms with van der Waals surface area (Å²) in [5, 5.41) is 13.9. The highest BCUT2D eigenvalue weighted by Gasteiger charge is 2.18. The first kappa shape index (κ1) is 18.9. The number of nitro groups is 1. The van der Waals surface area contributed by atoms with Crippen LogP contribution in [0.2, 0.25) is 10.0 Å². The number of anilines is 1. The van der Waals surface area contributed by atoms with E-state index in [0.29, 0.717) is 22.7 Å². The zero-order valence-corrected chi connectivity index (χ0v) is 15.9. The molecule has 4 rings (SSSR count). The summed E-state index contributed by atoms with van der Waals surface area (Å²) in [6, 6.07) is 11.9. The van der Waals surface area contributed by atoms with Crippen molar-refractivity contribution in [3.05, 3.63) is 80.5 Å². The van der Waals surface area contributed by atoms with Crippen LogP contribution >= 0.6 is 23.2 Å². The average Bonchev–Trinajstić information content (AvgIpc) is 3.14. The van der Waals surface area contributed by atoms with Crippen molar-refractivity contribution in [2.45, 2.75) is 0 Å². The van der Waals surface area contributed by atoms with E-state index in [-0.39, 0.29) is 27.0 Å². The van der Waals surface area contributed by atoms with E-state index < -0.39 is 10.8 Å². The molecule has 0 saturated heterocycles. The van der Waals surface area contributed by atoms with E-state index >= 15 is 0 Å². The van der Waals surface area contributed by atoms with Crippen molar-refractivity contribution >= 4 is 51.7 Å². The van der Waals surface area contributed by atoms with Crippen LogP contribution in [0.15, 0.2) is 59.1 Å². The predicted octanol–water partition coefficient (Wildman–Crippen LogP) is 5.36. The number of aromatic nitrogens is 2. The molecule has 4 aromatic rings. The van der Waals surface area contributed by atoms with E-state index in [0.717, 1.165) is 6.07 Å². The highest BCUT2D eigenvalue weighted by molar-refractivity contribution is 6.36. The molecule has 1 N–H and O–H groups in total. The Labute approximate surface area is 173 Å². The molecule has 0 spiro atoms. The van der Waals surface area contributed by atoms with Crippen LogP contribution < -0.4 is 5.32 Å². The number of nitro benzene ring substituents is 1. The Hall–Kier alpha value is -3.49. The summed E-state index contributed by atoms with van der Waals surface area (Å²) in [7, 11) is 0. The number of hydrogen-bond acceptors (Lipinski definition) is 6. The van der Waals surface area contributed by atoms with Crippen LogP contribution in [0.1, 0.15) is 10.4 Å². The fourth-order valence-electron chi connectivity index (χ4n) is 2.64. The average molecular weight is 429 g/mol. The number of carbonyl (C=O) groups excluding carboxylic acids is 1. The minimum Gasteiger partial charge on any atom is -0.434 e. The van der Waals surface area contributed by atoms with E-state index in [1.54, 1.807) is 36.5 Å². The molecule has 8 nitrogen and oxygen atoms in total. The van der Waals surface area contributed by atoms with Gasteiger partial charge in [-0.2, -0.15) is 4.98 Å². The zero-order chi connectivity index (χ0) is 20.5. The molecule has 0 atom stereocenters. The molecule has 0 aliphatic heterocycles. The first-order chi connectivity index (χ1) is 13.9. The molecule has 10 heteroatoms. The Morgan fingerprint density at radius 3 is 2.66 bits per heavy atom. The number of benzene rings is 2. The van der Waals surface area contributed by atoms with Crippen LogP contribution in [0.5, 0.6) is 0 Å². The number of hydrogen-bond donors (Lipinski definition) is 1. The number of fused-ring (bicyclic) bond motifs is 1. The predicted molar refractivity (Wildman–Crippen MR) is 108 cm³/mol. The third kappa shape index (κ3) is 3.75. The highest BCUT2D eigenvalue weighted by Crippen LogP contribution is 2.31. The van der Waals surface area contributed by atoms with Crippen LogP contribution in [0.25, 0.3) is 22.7 Å². The minimum absolute atomic E-state index is 0.0478. The van der Waals surface area contributed by atoms with Gasteiger partial charge in [0.15, 0.2) is 11.2 Å². The first-order valence-corrected chi connectivity index (χ1v) is 8.95. The lowest BCUT2D eigenvalue weighted by Gasteiger charge is -2.09. The highest BCUT2D eigenvalue weighted by atomic mass is 35.5. The van der Waals surface area contributed by atoms with Gasteiger partial charge in [0, 0.05) is 23.9 Å². The first-order valence-electron chi connectivity index (χ1n) is 8.19. The smallest absolute Gasteiger partial charge is 0.270 e. The fourth-order valence-corrected chi connectivity index (χ4v) is 3.01. The number of amides is 1. The maximum absolute atomic E-state index is 12.6. The number of carbonyl (C=O) groups is 1. The Morgan fingerprint density at radius 1 is 1.10 bits per heavy atom. The van der Waals surface area contributed by atoms with E-state index in [1.165, 1.54) is 12.1 Å². The van der Waals surface area contributed by atoms with Crippen LogP contribution in [0.4, 0.5) is 11.4 Å². The third-order valence-electron chi connectivity index (χ3n) is 4.03. The molecule has 0 radical (unpaired) electrons. The van der Waals surface area contributed by atoms with Crippen molar-refractivity contribution in [1.82, 2.24) is 9.97 Å². The number of pyridine rings is 1. The van der Waals surface area contributed by atoms with Gasteiger partial charge in [-0.25, -0.2) is 4.98 Å². The van der Waals surface area contributed by atoms with Gasteiger partial charge in [-0.3, -0.25) is 14.9 Å². The third-order valence-corrected chi connectivity index (χ3v) is 4.69. The minimum atomic E-state index is -0.642. The van der Waals surface area contributed by atoms with E-state index in [4.69, 9.17) is 27.6 Å². The molecule has 0 aliphatic rings. The summed E-state index contributed by atoms with van der Waals surface area (Å²) in [5.41, 5.74) is 1.50.